The van der Waals surface area contributed by atoms with Crippen LogP contribution in [0.5, 0.6) is 0 Å². The van der Waals surface area contributed by atoms with Crippen LogP contribution < -0.4 is 5.32 Å². The minimum atomic E-state index is -0.852. The second-order valence-corrected chi connectivity index (χ2v) is 6.90. The van der Waals surface area contributed by atoms with E-state index >= 15 is 0 Å². The Morgan fingerprint density at radius 3 is 2.53 bits per heavy atom. The van der Waals surface area contributed by atoms with Gasteiger partial charge in [-0.1, -0.05) is 23.8 Å². The molecular weight excluding hydrogens is 418 g/mol. The number of methoxy groups -OCH3 is 1. The number of nitrogens with one attached hydrogen (secondary N) is 1. The molecule has 10 nitrogen and oxygen atoms in total. The number of carbonyl (C=O) groups excluding carboxylic acids is 3. The lowest BCUT2D eigenvalue weighted by Crippen LogP contribution is -2.23. The van der Waals surface area contributed by atoms with Crippen LogP contribution in [0.1, 0.15) is 28.5 Å². The number of anilines is 1. The smallest absolute Gasteiger partial charge is 0.419 e. The van der Waals surface area contributed by atoms with Gasteiger partial charge >= 0.3 is 6.09 Å². The van der Waals surface area contributed by atoms with Crippen LogP contribution in [0.3, 0.4) is 0 Å². The summed E-state index contributed by atoms with van der Waals surface area (Å²) in [4.78, 5) is 49.4. The Kier molecular flexibility index (Phi) is 6.64. The molecule has 0 radical (unpaired) electrons. The van der Waals surface area contributed by atoms with Crippen molar-refractivity contribution in [2.45, 2.75) is 13.8 Å². The molecule has 0 fully saturated rings. The highest BCUT2D eigenvalue weighted by Crippen LogP contribution is 2.35. The number of nitrogens with zero attached hydrogens (tertiary/aromatic N) is 2. The molecule has 2 aromatic carbocycles. The summed E-state index contributed by atoms with van der Waals surface area (Å²) in [6.07, 6.45) is -0.852. The summed E-state index contributed by atoms with van der Waals surface area (Å²) in [6.45, 7) is 3.13. The maximum atomic E-state index is 13.5. The number of carbonyl (C=O) groups is 3. The summed E-state index contributed by atoms with van der Waals surface area (Å²) < 4.78 is 11.0. The van der Waals surface area contributed by atoms with Crippen LogP contribution in [0.4, 0.5) is 16.2 Å². The van der Waals surface area contributed by atoms with Crippen molar-refractivity contribution in [3.05, 3.63) is 69.4 Å². The molecule has 1 amide bonds. The minimum Gasteiger partial charge on any atom is -0.449 e. The van der Waals surface area contributed by atoms with Gasteiger partial charge in [-0.3, -0.25) is 19.7 Å². The number of hydrogen-bond acceptors (Lipinski definition) is 7. The third-order valence-corrected chi connectivity index (χ3v) is 4.65. The van der Waals surface area contributed by atoms with E-state index in [-0.39, 0.29) is 46.7 Å². The molecule has 0 atom stereocenters. The first-order valence-electron chi connectivity index (χ1n) is 9.68. The first kappa shape index (κ1) is 22.6. The molecule has 1 N–H and O–H groups in total. The number of hydrogen-bond donors (Lipinski definition) is 1. The number of nitro groups is 1. The van der Waals surface area contributed by atoms with E-state index in [2.05, 4.69) is 5.32 Å². The zero-order chi connectivity index (χ0) is 23.4. The predicted molar refractivity (Wildman–Crippen MR) is 116 cm³/mol. The number of amides is 1. The van der Waals surface area contributed by atoms with Crippen LogP contribution in [0.2, 0.25) is 0 Å². The van der Waals surface area contributed by atoms with Crippen molar-refractivity contribution in [3.63, 3.8) is 0 Å². The lowest BCUT2D eigenvalue weighted by atomic mass is 10.0. The van der Waals surface area contributed by atoms with Crippen molar-refractivity contribution in [3.8, 4) is 0 Å². The van der Waals surface area contributed by atoms with Gasteiger partial charge in [0.05, 0.1) is 22.7 Å². The normalized spacial score (nSPS) is 10.7. The van der Waals surface area contributed by atoms with E-state index in [1.807, 2.05) is 13.0 Å². The Morgan fingerprint density at radius 2 is 1.91 bits per heavy atom. The number of benzene rings is 2. The molecule has 1 aromatic heterocycles. The molecule has 0 bridgehead atoms. The fourth-order valence-corrected chi connectivity index (χ4v) is 3.34. The van der Waals surface area contributed by atoms with Gasteiger partial charge in [-0.15, -0.1) is 0 Å². The fraction of sp³-hybridized carbons (Fsp3) is 0.227. The molecule has 0 unspecified atom stereocenters. The largest absolute Gasteiger partial charge is 0.449 e. The summed E-state index contributed by atoms with van der Waals surface area (Å²) in [5, 5.41) is 14.0. The van der Waals surface area contributed by atoms with Crippen molar-refractivity contribution in [1.29, 1.82) is 0 Å². The molecule has 10 heteroatoms. The quantitative estimate of drug-likeness (QED) is 0.338. The van der Waals surface area contributed by atoms with Crippen molar-refractivity contribution in [2.75, 3.05) is 25.6 Å². The van der Waals surface area contributed by atoms with E-state index in [9.17, 15) is 24.5 Å². The molecule has 3 rings (SSSR count). The number of aryl methyl sites for hydroxylation is 1. The minimum absolute atomic E-state index is 0.0366. The SMILES string of the molecule is CCOC(=O)n1c(C(=O)c2cccc(C)c2)c(NC(=O)COC)c2cc([N+](=O)[O-])ccc21. The number of ketones is 1. The van der Waals surface area contributed by atoms with E-state index in [4.69, 9.17) is 9.47 Å². The molecule has 0 saturated heterocycles. The summed E-state index contributed by atoms with van der Waals surface area (Å²) in [6, 6.07) is 10.4. The van der Waals surface area contributed by atoms with Gasteiger partial charge in [0.1, 0.15) is 12.3 Å². The number of non-ortho nitro benzene ring substituents is 1. The molecule has 0 spiro atoms. The predicted octanol–water partition coefficient (Wildman–Crippen LogP) is 3.68. The van der Waals surface area contributed by atoms with Crippen LogP contribution in [0.25, 0.3) is 10.9 Å². The topological polar surface area (TPSA) is 130 Å². The second-order valence-electron chi connectivity index (χ2n) is 6.90. The van der Waals surface area contributed by atoms with Gasteiger partial charge in [-0.05, 0) is 26.0 Å². The van der Waals surface area contributed by atoms with Crippen molar-refractivity contribution >= 4 is 40.1 Å². The highest BCUT2D eigenvalue weighted by Gasteiger charge is 2.30. The lowest BCUT2D eigenvalue weighted by molar-refractivity contribution is -0.384. The third-order valence-electron chi connectivity index (χ3n) is 4.65. The van der Waals surface area contributed by atoms with Crippen LogP contribution in [0, 0.1) is 17.0 Å². The zero-order valence-corrected chi connectivity index (χ0v) is 17.7. The van der Waals surface area contributed by atoms with Gasteiger partial charge in [0.2, 0.25) is 11.7 Å². The monoisotopic (exact) mass is 439 g/mol. The van der Waals surface area contributed by atoms with Gasteiger partial charge in [-0.25, -0.2) is 9.36 Å². The van der Waals surface area contributed by atoms with Gasteiger partial charge in [0.25, 0.3) is 5.69 Å². The van der Waals surface area contributed by atoms with Gasteiger partial charge in [0.15, 0.2) is 0 Å². The Hall–Kier alpha value is -4.05. The van der Waals surface area contributed by atoms with Crippen molar-refractivity contribution in [2.24, 2.45) is 0 Å². The zero-order valence-electron chi connectivity index (χ0n) is 17.7. The summed E-state index contributed by atoms with van der Waals surface area (Å²) in [7, 11) is 1.32. The van der Waals surface area contributed by atoms with Crippen molar-refractivity contribution in [1.82, 2.24) is 4.57 Å². The van der Waals surface area contributed by atoms with Crippen LogP contribution in [-0.4, -0.2) is 47.6 Å². The molecule has 32 heavy (non-hydrogen) atoms. The standard InChI is InChI=1S/C22H21N3O7/c1-4-32-22(28)24-17-9-8-15(25(29)30)11-16(17)19(23-18(26)12-31-3)20(24)21(27)14-7-5-6-13(2)10-14/h5-11H,4,12H2,1-3H3,(H,23,26). The van der Waals surface area contributed by atoms with Crippen LogP contribution in [0.15, 0.2) is 42.5 Å². The summed E-state index contributed by atoms with van der Waals surface area (Å²) >= 11 is 0. The molecule has 166 valence electrons. The highest BCUT2D eigenvalue weighted by molar-refractivity contribution is 6.21. The highest BCUT2D eigenvalue weighted by atomic mass is 16.6. The Labute approximate surface area is 182 Å². The van der Waals surface area contributed by atoms with E-state index in [1.165, 1.54) is 25.3 Å². The number of nitro benzene ring substituents is 1. The summed E-state index contributed by atoms with van der Waals surface area (Å²) in [5.41, 5.74) is 0.790. The molecule has 0 aliphatic rings. The number of aromatic nitrogens is 1. The Morgan fingerprint density at radius 1 is 1.16 bits per heavy atom. The van der Waals surface area contributed by atoms with E-state index in [0.29, 0.717) is 0 Å². The summed E-state index contributed by atoms with van der Waals surface area (Å²) in [5.74, 6) is -1.16. The average molecular weight is 439 g/mol. The van der Waals surface area contributed by atoms with E-state index < -0.39 is 22.7 Å². The van der Waals surface area contributed by atoms with Gasteiger partial charge < -0.3 is 14.8 Å². The molecular formula is C22H21N3O7. The Bertz CT molecular complexity index is 1230. The first-order chi connectivity index (χ1) is 15.3. The number of ether oxygens (including phenoxy) is 2. The lowest BCUT2D eigenvalue weighted by Gasteiger charge is -2.11. The molecule has 0 aliphatic carbocycles. The van der Waals surface area contributed by atoms with Gasteiger partial charge in [0, 0.05) is 30.2 Å². The maximum absolute atomic E-state index is 13.5. The van der Waals surface area contributed by atoms with Gasteiger partial charge in [-0.2, -0.15) is 0 Å². The van der Waals surface area contributed by atoms with Crippen molar-refractivity contribution < 1.29 is 28.8 Å². The molecule has 0 aliphatic heterocycles. The van der Waals surface area contributed by atoms with E-state index in [1.54, 1.807) is 25.1 Å². The molecule has 1 heterocycles. The average Bonchev–Trinajstić information content (AvgIpc) is 3.07. The third kappa shape index (κ3) is 4.35. The molecule has 3 aromatic rings. The second kappa shape index (κ2) is 9.40. The number of rotatable bonds is 7. The van der Waals surface area contributed by atoms with Crippen LogP contribution in [-0.2, 0) is 14.3 Å². The van der Waals surface area contributed by atoms with Crippen LogP contribution >= 0.6 is 0 Å². The number of fused-ring (bicyclic) bond motifs is 1. The fourth-order valence-electron chi connectivity index (χ4n) is 3.34. The Balaban J connectivity index is 2.37. The maximum Gasteiger partial charge on any atom is 0.419 e. The molecule has 0 saturated carbocycles. The van der Waals surface area contributed by atoms with E-state index in [0.717, 1.165) is 10.1 Å². The first-order valence-corrected chi connectivity index (χ1v) is 9.68.